The van der Waals surface area contributed by atoms with E-state index in [1.54, 1.807) is 6.07 Å². The number of hydrogen-bond acceptors (Lipinski definition) is 4. The first-order valence-electron chi connectivity index (χ1n) is 6.29. The molecule has 23 heavy (non-hydrogen) atoms. The predicted octanol–water partition coefficient (Wildman–Crippen LogP) is 3.38. The number of piperazine rings is 1. The molecule has 0 spiro atoms. The third kappa shape index (κ3) is 4.88. The zero-order valence-corrected chi connectivity index (χ0v) is 14.9. The molecule has 4 nitrogen and oxygen atoms in total. The van der Waals surface area contributed by atoms with Crippen molar-refractivity contribution < 1.29 is 18.3 Å². The van der Waals surface area contributed by atoms with Gasteiger partial charge in [-0.2, -0.15) is 18.4 Å². The lowest BCUT2D eigenvalue weighted by Crippen LogP contribution is -2.49. The molecule has 1 heterocycles. The third-order valence-electron chi connectivity index (χ3n) is 3.38. The number of alkyl halides is 3. The van der Waals surface area contributed by atoms with Gasteiger partial charge in [0.15, 0.2) is 0 Å². The van der Waals surface area contributed by atoms with Crippen LogP contribution in [0.1, 0.15) is 17.2 Å². The van der Waals surface area contributed by atoms with Crippen LogP contribution in [0.4, 0.5) is 13.2 Å². The Morgan fingerprint density at radius 3 is 2.30 bits per heavy atom. The first-order chi connectivity index (χ1) is 9.86. The fourth-order valence-electron chi connectivity index (χ4n) is 2.43. The van der Waals surface area contributed by atoms with E-state index in [-0.39, 0.29) is 53.5 Å². The van der Waals surface area contributed by atoms with Crippen molar-refractivity contribution in [2.75, 3.05) is 26.2 Å². The molecule has 2 N–H and O–H groups in total. The Morgan fingerprint density at radius 1 is 1.26 bits per heavy atom. The van der Waals surface area contributed by atoms with Crippen molar-refractivity contribution in [3.8, 4) is 11.8 Å². The van der Waals surface area contributed by atoms with Gasteiger partial charge in [0.25, 0.3) is 0 Å². The Labute approximate surface area is 152 Å². The Kier molecular flexibility index (Phi) is 8.66. The number of rotatable bonds is 2. The molecule has 0 amide bonds. The predicted molar refractivity (Wildman–Crippen MR) is 88.3 cm³/mol. The van der Waals surface area contributed by atoms with Crippen molar-refractivity contribution in [1.29, 1.82) is 5.26 Å². The smallest absolute Gasteiger partial charge is 0.408 e. The zero-order chi connectivity index (χ0) is 15.6. The van der Waals surface area contributed by atoms with Crippen LogP contribution in [0.2, 0.25) is 0 Å². The van der Waals surface area contributed by atoms with E-state index in [1.165, 1.54) is 17.0 Å². The maximum absolute atomic E-state index is 13.5. The molecular weight excluding hydrogens is 422 g/mol. The Balaban J connectivity index is 0.00000242. The summed E-state index contributed by atoms with van der Waals surface area (Å²) < 4.78 is 40.7. The minimum Gasteiger partial charge on any atom is -0.506 e. The number of phenols is 1. The monoisotopic (exact) mass is 435 g/mol. The second-order valence-electron chi connectivity index (χ2n) is 4.70. The molecule has 0 radical (unpaired) electrons. The minimum atomic E-state index is -4.55. The summed E-state index contributed by atoms with van der Waals surface area (Å²) in [6.45, 7) is 1.32. The molecule has 1 aromatic rings. The molecule has 0 aromatic heterocycles. The second kappa shape index (κ2) is 8.94. The number of halogens is 6. The number of benzene rings is 1. The van der Waals surface area contributed by atoms with Crippen LogP contribution in [0.15, 0.2) is 16.6 Å². The van der Waals surface area contributed by atoms with Crippen LogP contribution < -0.4 is 5.32 Å². The van der Waals surface area contributed by atoms with Gasteiger partial charge in [-0.3, -0.25) is 4.90 Å². The number of nitrogens with one attached hydrogen (secondary N) is 1. The van der Waals surface area contributed by atoms with E-state index in [0.29, 0.717) is 13.1 Å². The number of nitriles is 1. The van der Waals surface area contributed by atoms with Crippen LogP contribution in [-0.4, -0.2) is 42.4 Å². The maximum atomic E-state index is 13.5. The highest BCUT2D eigenvalue weighted by molar-refractivity contribution is 9.10. The van der Waals surface area contributed by atoms with Gasteiger partial charge >= 0.3 is 6.18 Å². The van der Waals surface area contributed by atoms with Crippen molar-refractivity contribution in [1.82, 2.24) is 10.2 Å². The lowest BCUT2D eigenvalue weighted by Gasteiger charge is -2.36. The molecule has 0 unspecified atom stereocenters. The Hall–Kier alpha value is -0.720. The molecular formula is C13H15BrCl2F3N3O. The largest absolute Gasteiger partial charge is 0.506 e. The molecule has 130 valence electrons. The summed E-state index contributed by atoms with van der Waals surface area (Å²) in [6.07, 6.45) is -4.55. The van der Waals surface area contributed by atoms with Gasteiger partial charge in [0.05, 0.1) is 5.56 Å². The van der Waals surface area contributed by atoms with E-state index >= 15 is 0 Å². The SMILES string of the molecule is Cl.Cl.N#Cc1ccc(Br)c([C@@H](N2CCNCC2)C(F)(F)F)c1O. The second-order valence-corrected chi connectivity index (χ2v) is 5.55. The van der Waals surface area contributed by atoms with Crippen LogP contribution in [0, 0.1) is 11.3 Å². The molecule has 0 aliphatic carbocycles. The molecule has 1 fully saturated rings. The summed E-state index contributed by atoms with van der Waals surface area (Å²) >= 11 is 3.06. The van der Waals surface area contributed by atoms with E-state index < -0.39 is 18.0 Å². The van der Waals surface area contributed by atoms with Crippen molar-refractivity contribution >= 4 is 40.7 Å². The van der Waals surface area contributed by atoms with Crippen LogP contribution >= 0.6 is 40.7 Å². The van der Waals surface area contributed by atoms with Crippen molar-refractivity contribution in [3.05, 3.63) is 27.7 Å². The van der Waals surface area contributed by atoms with Gasteiger partial charge in [0.2, 0.25) is 0 Å². The number of aromatic hydroxyl groups is 1. The van der Waals surface area contributed by atoms with Crippen molar-refractivity contribution in [2.24, 2.45) is 0 Å². The van der Waals surface area contributed by atoms with Gasteiger partial charge in [-0.05, 0) is 12.1 Å². The number of nitrogens with zero attached hydrogens (tertiary/aromatic N) is 2. The minimum absolute atomic E-state index is 0. The van der Waals surface area contributed by atoms with E-state index in [9.17, 15) is 18.3 Å². The summed E-state index contributed by atoms with van der Waals surface area (Å²) in [5.41, 5.74) is -0.471. The quantitative estimate of drug-likeness (QED) is 0.746. The average molecular weight is 437 g/mol. The van der Waals surface area contributed by atoms with Gasteiger partial charge in [-0.1, -0.05) is 15.9 Å². The summed E-state index contributed by atoms with van der Waals surface area (Å²) in [4.78, 5) is 1.26. The molecule has 1 saturated heterocycles. The van der Waals surface area contributed by atoms with Crippen molar-refractivity contribution in [3.63, 3.8) is 0 Å². The summed E-state index contributed by atoms with van der Waals surface area (Å²) in [5, 5.41) is 21.9. The lowest BCUT2D eigenvalue weighted by molar-refractivity contribution is -0.188. The fourth-order valence-corrected chi connectivity index (χ4v) is 2.96. The molecule has 10 heteroatoms. The van der Waals surface area contributed by atoms with Crippen LogP contribution in [-0.2, 0) is 0 Å². The molecule has 1 aliphatic heterocycles. The van der Waals surface area contributed by atoms with Gasteiger partial charge in [0.1, 0.15) is 17.9 Å². The molecule has 0 saturated carbocycles. The molecule has 1 atom stereocenters. The van der Waals surface area contributed by atoms with Gasteiger partial charge < -0.3 is 10.4 Å². The van der Waals surface area contributed by atoms with E-state index in [2.05, 4.69) is 21.2 Å². The topological polar surface area (TPSA) is 59.3 Å². The molecule has 1 aliphatic rings. The van der Waals surface area contributed by atoms with Gasteiger partial charge in [-0.25, -0.2) is 0 Å². The van der Waals surface area contributed by atoms with E-state index in [1.807, 2.05) is 0 Å². The van der Waals surface area contributed by atoms with E-state index in [0.717, 1.165) is 0 Å². The highest BCUT2D eigenvalue weighted by Gasteiger charge is 2.47. The van der Waals surface area contributed by atoms with E-state index in [4.69, 9.17) is 5.26 Å². The molecule has 2 rings (SSSR count). The number of hydrogen-bond donors (Lipinski definition) is 2. The maximum Gasteiger partial charge on any atom is 0.408 e. The molecule has 0 bridgehead atoms. The van der Waals surface area contributed by atoms with Gasteiger partial charge in [0, 0.05) is 36.2 Å². The summed E-state index contributed by atoms with van der Waals surface area (Å²) in [7, 11) is 0. The first kappa shape index (κ1) is 22.3. The lowest BCUT2D eigenvalue weighted by atomic mass is 10.00. The Bertz CT molecular complexity index is 575. The van der Waals surface area contributed by atoms with Crippen molar-refractivity contribution in [2.45, 2.75) is 12.2 Å². The summed E-state index contributed by atoms with van der Waals surface area (Å²) in [6, 6.07) is 2.40. The standard InChI is InChI=1S/C13H13BrF3N3O.2ClH/c14-9-2-1-8(7-18)11(21)10(9)12(13(15,16)17)20-5-3-19-4-6-20;;/h1-2,12,19,21H,3-6H2;2*1H/t12-;;/m1../s1. The normalized spacial score (nSPS) is 16.7. The highest BCUT2D eigenvalue weighted by Crippen LogP contribution is 2.45. The molecule has 1 aromatic carbocycles. The number of phenolic OH excluding ortho intramolecular Hbond substituents is 1. The zero-order valence-electron chi connectivity index (χ0n) is 11.7. The summed E-state index contributed by atoms with van der Waals surface area (Å²) in [5.74, 6) is -0.618. The van der Waals surface area contributed by atoms with Crippen LogP contribution in [0.5, 0.6) is 5.75 Å². The average Bonchev–Trinajstić information content (AvgIpc) is 2.43. The van der Waals surface area contributed by atoms with Crippen LogP contribution in [0.25, 0.3) is 0 Å². The first-order valence-corrected chi connectivity index (χ1v) is 7.08. The van der Waals surface area contributed by atoms with Gasteiger partial charge in [-0.15, -0.1) is 24.8 Å². The van der Waals surface area contributed by atoms with Crippen LogP contribution in [0.3, 0.4) is 0 Å². The Morgan fingerprint density at radius 2 is 1.83 bits per heavy atom. The fraction of sp³-hybridized carbons (Fsp3) is 0.462. The third-order valence-corrected chi connectivity index (χ3v) is 4.08. The highest BCUT2D eigenvalue weighted by atomic mass is 79.9.